The van der Waals surface area contributed by atoms with Crippen LogP contribution in [0, 0.1) is 0 Å². The minimum absolute atomic E-state index is 0.497. The third kappa shape index (κ3) is 1.80. The van der Waals surface area contributed by atoms with Crippen LogP contribution in [0.15, 0.2) is 18.3 Å². The normalized spacial score (nSPS) is 21.8. The Kier molecular flexibility index (Phi) is 2.45. The second kappa shape index (κ2) is 3.75. The molecule has 13 heavy (non-hydrogen) atoms. The van der Waals surface area contributed by atoms with Crippen LogP contribution < -0.4 is 10.1 Å². The van der Waals surface area contributed by atoms with E-state index in [0.717, 1.165) is 6.54 Å². The van der Waals surface area contributed by atoms with Crippen LogP contribution >= 0.6 is 0 Å². The van der Waals surface area contributed by atoms with E-state index in [4.69, 9.17) is 4.74 Å². The molecule has 1 aliphatic rings. The summed E-state index contributed by atoms with van der Waals surface area (Å²) in [4.78, 5) is 4.08. The highest BCUT2D eigenvalue weighted by Gasteiger charge is 2.16. The van der Waals surface area contributed by atoms with Crippen LogP contribution in [0.2, 0.25) is 0 Å². The average molecular weight is 178 g/mol. The first-order chi connectivity index (χ1) is 6.40. The van der Waals surface area contributed by atoms with Crippen molar-refractivity contribution in [2.24, 2.45) is 0 Å². The van der Waals surface area contributed by atoms with Gasteiger partial charge in [0.2, 0.25) is 5.88 Å². The topological polar surface area (TPSA) is 34.1 Å². The maximum absolute atomic E-state index is 5.08. The van der Waals surface area contributed by atoms with Crippen molar-refractivity contribution < 1.29 is 4.74 Å². The average Bonchev–Trinajstić information content (AvgIpc) is 2.71. The molecular formula is C10H14N2O. The summed E-state index contributed by atoms with van der Waals surface area (Å²) in [5, 5.41) is 3.44. The summed E-state index contributed by atoms with van der Waals surface area (Å²) >= 11 is 0. The molecule has 2 heterocycles. The van der Waals surface area contributed by atoms with Gasteiger partial charge in [-0.3, -0.25) is 0 Å². The Labute approximate surface area is 78.1 Å². The van der Waals surface area contributed by atoms with Crippen molar-refractivity contribution in [2.75, 3.05) is 13.7 Å². The van der Waals surface area contributed by atoms with E-state index < -0.39 is 0 Å². The molecule has 3 nitrogen and oxygen atoms in total. The van der Waals surface area contributed by atoms with Crippen LogP contribution in [-0.2, 0) is 0 Å². The van der Waals surface area contributed by atoms with E-state index >= 15 is 0 Å². The van der Waals surface area contributed by atoms with Crippen LogP contribution in [0.1, 0.15) is 24.4 Å². The number of hydrogen-bond donors (Lipinski definition) is 1. The maximum Gasteiger partial charge on any atom is 0.213 e. The molecule has 1 saturated heterocycles. The summed E-state index contributed by atoms with van der Waals surface area (Å²) in [6.07, 6.45) is 4.27. The van der Waals surface area contributed by atoms with E-state index in [1.54, 1.807) is 13.3 Å². The largest absolute Gasteiger partial charge is 0.481 e. The smallest absolute Gasteiger partial charge is 0.213 e. The molecule has 1 atom stereocenters. The number of nitrogens with zero attached hydrogens (tertiary/aromatic N) is 1. The zero-order valence-electron chi connectivity index (χ0n) is 7.79. The molecule has 70 valence electrons. The molecule has 1 N–H and O–H groups in total. The number of rotatable bonds is 2. The van der Waals surface area contributed by atoms with Crippen LogP contribution in [0.25, 0.3) is 0 Å². The van der Waals surface area contributed by atoms with Crippen molar-refractivity contribution in [1.29, 1.82) is 0 Å². The molecule has 1 fully saturated rings. The van der Waals surface area contributed by atoms with Gasteiger partial charge in [0.15, 0.2) is 0 Å². The highest BCUT2D eigenvalue weighted by Crippen LogP contribution is 2.24. The highest BCUT2D eigenvalue weighted by molar-refractivity contribution is 5.24. The first-order valence-electron chi connectivity index (χ1n) is 4.63. The van der Waals surface area contributed by atoms with Gasteiger partial charge in [0.1, 0.15) is 0 Å². The molecule has 3 heteroatoms. The molecule has 0 aromatic carbocycles. The molecule has 0 radical (unpaired) electrons. The second-order valence-corrected chi connectivity index (χ2v) is 3.28. The number of ether oxygens (including phenoxy) is 1. The predicted octanol–water partition coefficient (Wildman–Crippen LogP) is 1.51. The van der Waals surface area contributed by atoms with Crippen LogP contribution in [0.3, 0.4) is 0 Å². The monoisotopic (exact) mass is 178 g/mol. The number of pyridine rings is 1. The second-order valence-electron chi connectivity index (χ2n) is 3.28. The van der Waals surface area contributed by atoms with Gasteiger partial charge in [-0.05, 0) is 31.0 Å². The fraction of sp³-hybridized carbons (Fsp3) is 0.500. The number of methoxy groups -OCH3 is 1. The molecule has 0 unspecified atom stereocenters. The Hall–Kier alpha value is -1.09. The minimum Gasteiger partial charge on any atom is -0.481 e. The lowest BCUT2D eigenvalue weighted by Crippen LogP contribution is -2.12. The predicted molar refractivity (Wildman–Crippen MR) is 50.8 cm³/mol. The standard InChI is InChI=1S/C10H14N2O/c1-13-10-7-8(4-6-12-10)9-3-2-5-11-9/h4,6-7,9,11H,2-3,5H2,1H3/t9-/m0/s1. The summed E-state index contributed by atoms with van der Waals surface area (Å²) in [6.45, 7) is 1.12. The van der Waals surface area contributed by atoms with Gasteiger partial charge >= 0.3 is 0 Å². The highest BCUT2D eigenvalue weighted by atomic mass is 16.5. The Morgan fingerprint density at radius 1 is 1.62 bits per heavy atom. The molecule has 0 bridgehead atoms. The SMILES string of the molecule is COc1cc([C@@H]2CCCN2)ccn1. The van der Waals surface area contributed by atoms with Crippen molar-refractivity contribution in [3.8, 4) is 5.88 Å². The minimum atomic E-state index is 0.497. The van der Waals surface area contributed by atoms with Gasteiger partial charge in [0.05, 0.1) is 7.11 Å². The maximum atomic E-state index is 5.08. The van der Waals surface area contributed by atoms with E-state index in [2.05, 4.69) is 10.3 Å². The molecule has 1 aliphatic heterocycles. The van der Waals surface area contributed by atoms with Gasteiger partial charge in [-0.2, -0.15) is 0 Å². The number of nitrogens with one attached hydrogen (secondary N) is 1. The Balaban J connectivity index is 2.18. The number of hydrogen-bond acceptors (Lipinski definition) is 3. The summed E-state index contributed by atoms with van der Waals surface area (Å²) in [5.74, 6) is 0.700. The third-order valence-corrected chi connectivity index (χ3v) is 2.43. The van der Waals surface area contributed by atoms with E-state index in [0.29, 0.717) is 11.9 Å². The van der Waals surface area contributed by atoms with Crippen molar-refractivity contribution >= 4 is 0 Å². The van der Waals surface area contributed by atoms with Crippen LogP contribution in [0.5, 0.6) is 5.88 Å². The van der Waals surface area contributed by atoms with Crippen molar-refractivity contribution in [3.05, 3.63) is 23.9 Å². The van der Waals surface area contributed by atoms with Gasteiger partial charge in [-0.1, -0.05) is 0 Å². The molecule has 0 spiro atoms. The lowest BCUT2D eigenvalue weighted by Gasteiger charge is -2.10. The zero-order valence-corrected chi connectivity index (χ0v) is 7.79. The van der Waals surface area contributed by atoms with Crippen LogP contribution in [0.4, 0.5) is 0 Å². The molecule has 1 aromatic heterocycles. The molecule has 1 aromatic rings. The lowest BCUT2D eigenvalue weighted by molar-refractivity contribution is 0.396. The van der Waals surface area contributed by atoms with E-state index in [9.17, 15) is 0 Å². The zero-order chi connectivity index (χ0) is 9.10. The van der Waals surface area contributed by atoms with Gasteiger partial charge < -0.3 is 10.1 Å². The first kappa shape index (κ1) is 8.51. The molecule has 0 saturated carbocycles. The lowest BCUT2D eigenvalue weighted by atomic mass is 10.1. The van der Waals surface area contributed by atoms with E-state index in [-0.39, 0.29) is 0 Å². The third-order valence-electron chi connectivity index (χ3n) is 2.43. The molecule has 0 aliphatic carbocycles. The Morgan fingerprint density at radius 2 is 2.54 bits per heavy atom. The van der Waals surface area contributed by atoms with E-state index in [1.807, 2.05) is 12.1 Å². The van der Waals surface area contributed by atoms with Crippen molar-refractivity contribution in [3.63, 3.8) is 0 Å². The van der Waals surface area contributed by atoms with Gasteiger partial charge in [-0.25, -0.2) is 4.98 Å². The van der Waals surface area contributed by atoms with Gasteiger partial charge in [0.25, 0.3) is 0 Å². The first-order valence-corrected chi connectivity index (χ1v) is 4.63. The fourth-order valence-corrected chi connectivity index (χ4v) is 1.72. The molecule has 0 amide bonds. The Morgan fingerprint density at radius 3 is 3.23 bits per heavy atom. The summed E-state index contributed by atoms with van der Waals surface area (Å²) in [7, 11) is 1.65. The summed E-state index contributed by atoms with van der Waals surface area (Å²) in [5.41, 5.74) is 1.28. The van der Waals surface area contributed by atoms with Gasteiger partial charge in [-0.15, -0.1) is 0 Å². The Bertz CT molecular complexity index is 282. The summed E-state index contributed by atoms with van der Waals surface area (Å²) < 4.78 is 5.08. The quantitative estimate of drug-likeness (QED) is 0.745. The number of aromatic nitrogens is 1. The van der Waals surface area contributed by atoms with Crippen molar-refractivity contribution in [1.82, 2.24) is 10.3 Å². The van der Waals surface area contributed by atoms with E-state index in [1.165, 1.54) is 18.4 Å². The fourth-order valence-electron chi connectivity index (χ4n) is 1.72. The summed E-state index contributed by atoms with van der Waals surface area (Å²) in [6, 6.07) is 4.55. The van der Waals surface area contributed by atoms with Crippen molar-refractivity contribution in [2.45, 2.75) is 18.9 Å². The molecular weight excluding hydrogens is 164 g/mol. The van der Waals surface area contributed by atoms with Gasteiger partial charge in [0, 0.05) is 18.3 Å². The molecule has 2 rings (SSSR count). The van der Waals surface area contributed by atoms with Crippen LogP contribution in [-0.4, -0.2) is 18.6 Å².